The third-order valence-corrected chi connectivity index (χ3v) is 7.20. The number of carbonyl (C=O) groups is 2. The average molecular weight is 470 g/mol. The zero-order valence-corrected chi connectivity index (χ0v) is 19.7. The summed E-state index contributed by atoms with van der Waals surface area (Å²) in [6, 6.07) is 21.9. The Morgan fingerprint density at radius 1 is 0.853 bits per heavy atom. The normalized spacial score (nSPS) is 14.0. The van der Waals surface area contributed by atoms with E-state index in [-0.39, 0.29) is 23.3 Å². The highest BCUT2D eigenvalue weighted by atomic mass is 32.2. The summed E-state index contributed by atoms with van der Waals surface area (Å²) in [5, 5.41) is 0.940. The minimum Gasteiger partial charge on any atom is -0.269 e. The summed E-state index contributed by atoms with van der Waals surface area (Å²) in [6.45, 7) is 4.31. The van der Waals surface area contributed by atoms with Crippen molar-refractivity contribution >= 4 is 34.5 Å². The number of para-hydroxylation sites is 1. The van der Waals surface area contributed by atoms with Gasteiger partial charge >= 0.3 is 0 Å². The first-order valence-electron chi connectivity index (χ1n) is 11.2. The van der Waals surface area contributed by atoms with Crippen LogP contribution in [-0.4, -0.2) is 32.1 Å². The quantitative estimate of drug-likeness (QED) is 0.219. The van der Waals surface area contributed by atoms with Gasteiger partial charge in [0.15, 0.2) is 5.16 Å². The van der Waals surface area contributed by atoms with E-state index in [1.54, 1.807) is 41.0 Å². The zero-order chi connectivity index (χ0) is 23.8. The number of fused-ring (bicyclic) bond motifs is 2. The Morgan fingerprint density at radius 2 is 1.47 bits per heavy atom. The summed E-state index contributed by atoms with van der Waals surface area (Å²) in [7, 11) is 0. The Balaban J connectivity index is 1.54. The lowest BCUT2D eigenvalue weighted by atomic mass is 9.98. The van der Waals surface area contributed by atoms with Crippen LogP contribution in [0.4, 0.5) is 0 Å². The van der Waals surface area contributed by atoms with Crippen LogP contribution in [0.15, 0.2) is 82.7 Å². The lowest BCUT2D eigenvalue weighted by Crippen LogP contribution is -2.30. The maximum atomic E-state index is 13.5. The third kappa shape index (κ3) is 3.72. The monoisotopic (exact) mass is 469 g/mol. The number of hydrogen-bond acceptors (Lipinski definition) is 5. The van der Waals surface area contributed by atoms with Crippen molar-refractivity contribution in [3.63, 3.8) is 0 Å². The van der Waals surface area contributed by atoms with Gasteiger partial charge in [-0.25, -0.2) is 4.98 Å². The van der Waals surface area contributed by atoms with E-state index in [0.717, 1.165) is 6.42 Å². The molecular weight excluding hydrogens is 446 g/mol. The van der Waals surface area contributed by atoms with Gasteiger partial charge < -0.3 is 0 Å². The molecule has 5 rings (SSSR count). The first-order chi connectivity index (χ1) is 16.5. The van der Waals surface area contributed by atoms with Gasteiger partial charge in [0.25, 0.3) is 17.4 Å². The number of benzene rings is 3. The SMILES string of the molecule is CCC(C)c1ccc(-n2c(SCN3C(=O)c4ccccc4C3=O)nc3ccccc3c2=O)cc1. The molecule has 2 heterocycles. The van der Waals surface area contributed by atoms with Crippen LogP contribution in [0, 0.1) is 0 Å². The van der Waals surface area contributed by atoms with Gasteiger partial charge in [0.05, 0.1) is 33.6 Å². The van der Waals surface area contributed by atoms with Crippen molar-refractivity contribution in [3.05, 3.63) is 99.8 Å². The van der Waals surface area contributed by atoms with Crippen molar-refractivity contribution in [2.24, 2.45) is 0 Å². The molecule has 1 aliphatic rings. The molecule has 1 unspecified atom stereocenters. The summed E-state index contributed by atoms with van der Waals surface area (Å²) >= 11 is 1.20. The molecule has 4 aromatic rings. The number of carbonyl (C=O) groups excluding carboxylic acids is 2. The molecule has 1 atom stereocenters. The predicted molar refractivity (Wildman–Crippen MR) is 134 cm³/mol. The van der Waals surface area contributed by atoms with E-state index in [4.69, 9.17) is 4.98 Å². The summed E-state index contributed by atoms with van der Waals surface area (Å²) in [5.41, 5.74) is 3.08. The number of hydrogen-bond donors (Lipinski definition) is 0. The molecule has 2 amide bonds. The van der Waals surface area contributed by atoms with Crippen LogP contribution in [-0.2, 0) is 0 Å². The van der Waals surface area contributed by atoms with Gasteiger partial charge in [-0.15, -0.1) is 0 Å². The first-order valence-corrected chi connectivity index (χ1v) is 12.2. The van der Waals surface area contributed by atoms with E-state index in [0.29, 0.717) is 38.8 Å². The van der Waals surface area contributed by atoms with E-state index in [1.807, 2.05) is 36.4 Å². The highest BCUT2D eigenvalue weighted by molar-refractivity contribution is 7.99. The fraction of sp³-hybridized carbons (Fsp3) is 0.185. The van der Waals surface area contributed by atoms with Crippen LogP contribution in [0.25, 0.3) is 16.6 Å². The Labute approximate surface area is 201 Å². The molecule has 0 bridgehead atoms. The first kappa shape index (κ1) is 22.1. The Hall–Kier alpha value is -3.71. The fourth-order valence-corrected chi connectivity index (χ4v) is 5.06. The fourth-order valence-electron chi connectivity index (χ4n) is 4.10. The van der Waals surface area contributed by atoms with Crippen LogP contribution in [0.2, 0.25) is 0 Å². The second kappa shape index (κ2) is 8.91. The van der Waals surface area contributed by atoms with Gasteiger partial charge in [0, 0.05) is 0 Å². The molecule has 6 nitrogen and oxygen atoms in total. The molecule has 34 heavy (non-hydrogen) atoms. The Kier molecular flexibility index (Phi) is 5.79. The van der Waals surface area contributed by atoms with Crippen molar-refractivity contribution in [2.45, 2.75) is 31.3 Å². The Bertz CT molecular complexity index is 1440. The second-order valence-corrected chi connectivity index (χ2v) is 9.22. The van der Waals surface area contributed by atoms with Crippen LogP contribution in [0.1, 0.15) is 52.5 Å². The van der Waals surface area contributed by atoms with Crippen LogP contribution < -0.4 is 5.56 Å². The molecule has 1 aliphatic heterocycles. The minimum absolute atomic E-state index is 0.0576. The van der Waals surface area contributed by atoms with E-state index in [9.17, 15) is 14.4 Å². The largest absolute Gasteiger partial charge is 0.269 e. The van der Waals surface area contributed by atoms with E-state index < -0.39 is 0 Å². The lowest BCUT2D eigenvalue weighted by Gasteiger charge is -2.17. The summed E-state index contributed by atoms with van der Waals surface area (Å²) in [4.78, 5) is 45.0. The standard InChI is InChI=1S/C27H23N3O3S/c1-3-17(2)18-12-14-19(15-13-18)30-26(33)22-10-6-7-11-23(22)28-27(30)34-16-29-24(31)20-8-4-5-9-21(20)25(29)32/h4-15,17H,3,16H2,1-2H3. The molecule has 0 aliphatic carbocycles. The number of aromatic nitrogens is 2. The van der Waals surface area contributed by atoms with E-state index in [2.05, 4.69) is 13.8 Å². The molecule has 0 radical (unpaired) electrons. The molecule has 3 aromatic carbocycles. The maximum Gasteiger partial charge on any atom is 0.266 e. The number of thioether (sulfide) groups is 1. The van der Waals surface area contributed by atoms with Crippen LogP contribution in [0.5, 0.6) is 0 Å². The number of amides is 2. The molecule has 170 valence electrons. The van der Waals surface area contributed by atoms with Crippen LogP contribution >= 0.6 is 11.8 Å². The number of nitrogens with zero attached hydrogens (tertiary/aromatic N) is 3. The van der Waals surface area contributed by atoms with E-state index in [1.165, 1.54) is 22.2 Å². The summed E-state index contributed by atoms with van der Waals surface area (Å²) in [6.07, 6.45) is 1.03. The molecule has 0 saturated heterocycles. The summed E-state index contributed by atoms with van der Waals surface area (Å²) < 4.78 is 1.56. The smallest absolute Gasteiger partial charge is 0.266 e. The van der Waals surface area contributed by atoms with Gasteiger partial charge in [0.1, 0.15) is 0 Å². The van der Waals surface area contributed by atoms with Crippen LogP contribution in [0.3, 0.4) is 0 Å². The molecule has 0 spiro atoms. The highest BCUT2D eigenvalue weighted by Gasteiger charge is 2.35. The molecule has 1 aromatic heterocycles. The van der Waals surface area contributed by atoms with Crippen molar-refractivity contribution < 1.29 is 9.59 Å². The average Bonchev–Trinajstić information content (AvgIpc) is 3.12. The topological polar surface area (TPSA) is 72.3 Å². The van der Waals surface area contributed by atoms with Crippen molar-refractivity contribution in [3.8, 4) is 5.69 Å². The minimum atomic E-state index is -0.333. The molecule has 0 saturated carbocycles. The molecule has 7 heteroatoms. The maximum absolute atomic E-state index is 13.5. The molecule has 0 N–H and O–H groups in total. The number of rotatable bonds is 6. The molecular formula is C27H23N3O3S. The second-order valence-electron chi connectivity index (χ2n) is 8.31. The van der Waals surface area contributed by atoms with Crippen molar-refractivity contribution in [1.82, 2.24) is 14.5 Å². The number of imide groups is 1. The van der Waals surface area contributed by atoms with Gasteiger partial charge in [0.2, 0.25) is 0 Å². The van der Waals surface area contributed by atoms with Crippen molar-refractivity contribution in [1.29, 1.82) is 0 Å². The molecule has 0 fully saturated rings. The Morgan fingerprint density at radius 3 is 2.12 bits per heavy atom. The lowest BCUT2D eigenvalue weighted by molar-refractivity contribution is 0.0684. The van der Waals surface area contributed by atoms with Gasteiger partial charge in [-0.2, -0.15) is 0 Å². The van der Waals surface area contributed by atoms with Crippen molar-refractivity contribution in [2.75, 3.05) is 5.88 Å². The van der Waals surface area contributed by atoms with Gasteiger partial charge in [-0.3, -0.25) is 23.9 Å². The van der Waals surface area contributed by atoms with Gasteiger partial charge in [-0.05, 0) is 54.3 Å². The summed E-state index contributed by atoms with van der Waals surface area (Å²) in [5.74, 6) is -0.188. The van der Waals surface area contributed by atoms with E-state index >= 15 is 0 Å². The van der Waals surface area contributed by atoms with Gasteiger partial charge in [-0.1, -0.05) is 62.0 Å². The highest BCUT2D eigenvalue weighted by Crippen LogP contribution is 2.28. The zero-order valence-electron chi connectivity index (χ0n) is 18.9. The third-order valence-electron chi connectivity index (χ3n) is 6.28. The predicted octanol–water partition coefficient (Wildman–Crippen LogP) is 5.25.